The van der Waals surface area contributed by atoms with E-state index in [0.29, 0.717) is 46.4 Å². The highest BCUT2D eigenvalue weighted by atomic mass is 35.5. The third-order valence-electron chi connectivity index (χ3n) is 3.44. The molecule has 5 nitrogen and oxygen atoms in total. The molecule has 3 rings (SSSR count). The number of nitrogens with one attached hydrogen (secondary N) is 1. The van der Waals surface area contributed by atoms with Crippen molar-refractivity contribution in [2.24, 2.45) is 0 Å². The maximum atomic E-state index is 13.3. The first kappa shape index (κ1) is 17.5. The first-order valence-electron chi connectivity index (χ1n) is 7.36. The molecule has 0 bridgehead atoms. The third kappa shape index (κ3) is 3.86. The van der Waals surface area contributed by atoms with Crippen LogP contribution in [0.4, 0.5) is 15.9 Å². The number of fused-ring (bicyclic) bond motifs is 1. The second-order valence-corrected chi connectivity index (χ2v) is 5.82. The van der Waals surface area contributed by atoms with E-state index in [2.05, 4.69) is 15.3 Å². The van der Waals surface area contributed by atoms with E-state index in [-0.39, 0.29) is 5.02 Å². The Morgan fingerprint density at radius 3 is 2.72 bits per heavy atom. The first-order chi connectivity index (χ1) is 12.1. The van der Waals surface area contributed by atoms with Gasteiger partial charge in [0, 0.05) is 17.1 Å². The minimum atomic E-state index is -0.485. The van der Waals surface area contributed by atoms with Crippen LogP contribution in [0.5, 0.6) is 11.5 Å². The average Bonchev–Trinajstić information content (AvgIpc) is 2.62. The van der Waals surface area contributed by atoms with Gasteiger partial charge in [-0.15, -0.1) is 11.6 Å². The number of ether oxygens (including phenoxy) is 2. The summed E-state index contributed by atoms with van der Waals surface area (Å²) < 4.78 is 24.3. The largest absolute Gasteiger partial charge is 0.493 e. The SMILES string of the molecule is COc1cc2ncnc(Nc3ccc(F)c(Cl)c3)c2cc1OCCCl. The highest BCUT2D eigenvalue weighted by molar-refractivity contribution is 6.31. The van der Waals surface area contributed by atoms with E-state index in [1.807, 2.05) is 0 Å². The average molecular weight is 382 g/mol. The van der Waals surface area contributed by atoms with Gasteiger partial charge in [-0.2, -0.15) is 0 Å². The molecule has 0 saturated heterocycles. The van der Waals surface area contributed by atoms with Gasteiger partial charge in [0.05, 0.1) is 23.5 Å². The summed E-state index contributed by atoms with van der Waals surface area (Å²) in [7, 11) is 1.55. The number of benzene rings is 2. The van der Waals surface area contributed by atoms with Crippen LogP contribution in [0.3, 0.4) is 0 Å². The van der Waals surface area contributed by atoms with Gasteiger partial charge in [-0.1, -0.05) is 11.6 Å². The van der Waals surface area contributed by atoms with Gasteiger partial charge in [0.15, 0.2) is 11.5 Å². The predicted octanol–water partition coefficient (Wildman–Crippen LogP) is 4.79. The fourth-order valence-corrected chi connectivity index (χ4v) is 2.55. The molecule has 1 aromatic heterocycles. The van der Waals surface area contributed by atoms with Crippen LogP contribution in [0, 0.1) is 5.82 Å². The number of alkyl halides is 1. The molecular weight excluding hydrogens is 368 g/mol. The van der Waals surface area contributed by atoms with Gasteiger partial charge >= 0.3 is 0 Å². The summed E-state index contributed by atoms with van der Waals surface area (Å²) in [5.74, 6) is 1.48. The maximum Gasteiger partial charge on any atom is 0.162 e. The molecule has 0 aliphatic rings. The van der Waals surface area contributed by atoms with E-state index in [1.54, 1.807) is 25.3 Å². The van der Waals surface area contributed by atoms with Crippen LogP contribution in [-0.2, 0) is 0 Å². The van der Waals surface area contributed by atoms with E-state index in [4.69, 9.17) is 32.7 Å². The molecule has 130 valence electrons. The van der Waals surface area contributed by atoms with Crippen LogP contribution in [-0.4, -0.2) is 29.6 Å². The van der Waals surface area contributed by atoms with E-state index in [0.717, 1.165) is 0 Å². The second kappa shape index (κ2) is 7.72. The lowest BCUT2D eigenvalue weighted by atomic mass is 10.2. The number of rotatable bonds is 6. The number of aromatic nitrogens is 2. The Kier molecular flexibility index (Phi) is 5.40. The summed E-state index contributed by atoms with van der Waals surface area (Å²) in [6.45, 7) is 0.341. The molecule has 0 atom stereocenters. The van der Waals surface area contributed by atoms with Crippen molar-refractivity contribution in [2.45, 2.75) is 0 Å². The quantitative estimate of drug-likeness (QED) is 0.621. The van der Waals surface area contributed by atoms with E-state index in [1.165, 1.54) is 18.5 Å². The molecular formula is C17H14Cl2FN3O2. The van der Waals surface area contributed by atoms with Crippen molar-refractivity contribution >= 4 is 45.6 Å². The molecule has 0 radical (unpaired) electrons. The molecule has 3 aromatic rings. The molecule has 2 aromatic carbocycles. The third-order valence-corrected chi connectivity index (χ3v) is 3.88. The van der Waals surface area contributed by atoms with Crippen LogP contribution >= 0.6 is 23.2 Å². The zero-order chi connectivity index (χ0) is 17.8. The zero-order valence-corrected chi connectivity index (χ0v) is 14.7. The highest BCUT2D eigenvalue weighted by Crippen LogP contribution is 2.35. The van der Waals surface area contributed by atoms with Gasteiger partial charge in [-0.3, -0.25) is 0 Å². The Morgan fingerprint density at radius 2 is 2.00 bits per heavy atom. The summed E-state index contributed by atoms with van der Waals surface area (Å²) in [5, 5.41) is 3.85. The summed E-state index contributed by atoms with van der Waals surface area (Å²) in [6.07, 6.45) is 1.43. The maximum absolute atomic E-state index is 13.3. The lowest BCUT2D eigenvalue weighted by Gasteiger charge is -2.13. The Balaban J connectivity index is 2.03. The summed E-state index contributed by atoms with van der Waals surface area (Å²) in [4.78, 5) is 8.50. The van der Waals surface area contributed by atoms with E-state index < -0.39 is 5.82 Å². The van der Waals surface area contributed by atoms with Crippen LogP contribution in [0.1, 0.15) is 0 Å². The number of hydrogen-bond donors (Lipinski definition) is 1. The molecule has 1 heterocycles. The molecule has 0 spiro atoms. The molecule has 0 amide bonds. The van der Waals surface area contributed by atoms with Crippen molar-refractivity contribution < 1.29 is 13.9 Å². The Morgan fingerprint density at radius 1 is 1.16 bits per heavy atom. The van der Waals surface area contributed by atoms with Gasteiger partial charge in [0.25, 0.3) is 0 Å². The van der Waals surface area contributed by atoms with Crippen LogP contribution in [0.15, 0.2) is 36.7 Å². The van der Waals surface area contributed by atoms with Crippen molar-refractivity contribution in [3.8, 4) is 11.5 Å². The molecule has 0 fully saturated rings. The molecule has 0 unspecified atom stereocenters. The number of methoxy groups -OCH3 is 1. The second-order valence-electron chi connectivity index (χ2n) is 5.03. The molecule has 0 aliphatic heterocycles. The monoisotopic (exact) mass is 381 g/mol. The zero-order valence-electron chi connectivity index (χ0n) is 13.2. The minimum Gasteiger partial charge on any atom is -0.493 e. The minimum absolute atomic E-state index is 0.0242. The van der Waals surface area contributed by atoms with Gasteiger partial charge < -0.3 is 14.8 Å². The Hall–Kier alpha value is -2.31. The van der Waals surface area contributed by atoms with E-state index >= 15 is 0 Å². The van der Waals surface area contributed by atoms with Crippen molar-refractivity contribution in [2.75, 3.05) is 24.9 Å². The topological polar surface area (TPSA) is 56.3 Å². The smallest absolute Gasteiger partial charge is 0.162 e. The van der Waals surface area contributed by atoms with Gasteiger partial charge in [0.2, 0.25) is 0 Å². The van der Waals surface area contributed by atoms with Crippen molar-refractivity contribution in [1.29, 1.82) is 0 Å². The van der Waals surface area contributed by atoms with Crippen molar-refractivity contribution in [3.05, 3.63) is 47.5 Å². The fourth-order valence-electron chi connectivity index (χ4n) is 2.30. The first-order valence-corrected chi connectivity index (χ1v) is 8.27. The fraction of sp³-hybridized carbons (Fsp3) is 0.176. The highest BCUT2D eigenvalue weighted by Gasteiger charge is 2.12. The van der Waals surface area contributed by atoms with Crippen molar-refractivity contribution in [1.82, 2.24) is 9.97 Å². The predicted molar refractivity (Wildman–Crippen MR) is 97.0 cm³/mol. The number of anilines is 2. The lowest BCUT2D eigenvalue weighted by Crippen LogP contribution is -2.02. The summed E-state index contributed by atoms with van der Waals surface area (Å²) >= 11 is 11.5. The molecule has 25 heavy (non-hydrogen) atoms. The van der Waals surface area contributed by atoms with Crippen molar-refractivity contribution in [3.63, 3.8) is 0 Å². The number of nitrogens with zero attached hydrogens (tertiary/aromatic N) is 2. The number of halogens is 3. The summed E-state index contributed by atoms with van der Waals surface area (Å²) in [5.41, 5.74) is 1.27. The van der Waals surface area contributed by atoms with Crippen LogP contribution in [0.25, 0.3) is 10.9 Å². The van der Waals surface area contributed by atoms with Gasteiger partial charge in [-0.25, -0.2) is 14.4 Å². The number of hydrogen-bond acceptors (Lipinski definition) is 5. The van der Waals surface area contributed by atoms with Crippen LogP contribution < -0.4 is 14.8 Å². The Bertz CT molecular complexity index is 908. The lowest BCUT2D eigenvalue weighted by molar-refractivity contribution is 0.313. The Labute approximate surface area is 153 Å². The standard InChI is InChI=1S/C17H14Cl2FN3O2/c1-24-15-8-14-11(7-16(15)25-5-4-18)17(22-9-21-14)23-10-2-3-13(20)12(19)6-10/h2-3,6-9H,4-5H2,1H3,(H,21,22,23). The van der Waals surface area contributed by atoms with Gasteiger partial charge in [-0.05, 0) is 24.3 Å². The van der Waals surface area contributed by atoms with E-state index in [9.17, 15) is 4.39 Å². The normalized spacial score (nSPS) is 10.7. The van der Waals surface area contributed by atoms with Gasteiger partial charge in [0.1, 0.15) is 24.6 Å². The van der Waals surface area contributed by atoms with Crippen LogP contribution in [0.2, 0.25) is 5.02 Å². The summed E-state index contributed by atoms with van der Waals surface area (Å²) in [6, 6.07) is 7.87. The molecule has 1 N–H and O–H groups in total. The molecule has 0 aliphatic carbocycles. The molecule has 8 heteroatoms. The molecule has 0 saturated carbocycles.